The smallest absolute Gasteiger partial charge is 0.0900 e. The van der Waals surface area contributed by atoms with Gasteiger partial charge in [-0.25, -0.2) is 0 Å². The highest BCUT2D eigenvalue weighted by Gasteiger charge is 2.66. The van der Waals surface area contributed by atoms with Crippen LogP contribution in [-0.2, 0) is 9.47 Å². The van der Waals surface area contributed by atoms with Gasteiger partial charge >= 0.3 is 0 Å². The average Bonchev–Trinajstić information content (AvgIpc) is 3.24. The SMILES string of the molecule is C[C@@H]1C(O)(C(C)(C)C)[C@H](C)[C@]2(C)C=C[C@@]1(C)O2.C[C@@H]1[C@@H]2CC[C@@H](O2)[C@H](C)C1(O)C(C)(C)C. The molecule has 4 heterocycles. The zero-order valence-corrected chi connectivity index (χ0v) is 22.7. The second-order valence-corrected chi connectivity index (χ2v) is 13.8. The minimum Gasteiger partial charge on any atom is -0.389 e. The van der Waals surface area contributed by atoms with Crippen molar-refractivity contribution in [2.75, 3.05) is 0 Å². The van der Waals surface area contributed by atoms with Crippen LogP contribution in [0.4, 0.5) is 0 Å². The zero-order valence-electron chi connectivity index (χ0n) is 22.7. The van der Waals surface area contributed by atoms with Gasteiger partial charge in [0.15, 0.2) is 0 Å². The summed E-state index contributed by atoms with van der Waals surface area (Å²) >= 11 is 0. The Hall–Kier alpha value is -0.420. The maximum absolute atomic E-state index is 11.3. The Balaban J connectivity index is 0.000000182. The average molecular weight is 451 g/mol. The Labute approximate surface area is 197 Å². The molecule has 0 aliphatic carbocycles. The molecule has 10 atom stereocenters. The molecule has 2 N–H and O–H groups in total. The molecule has 186 valence electrons. The number of aliphatic hydroxyl groups is 2. The fraction of sp³-hybridized carbons (Fsp3) is 0.929. The molecule has 0 spiro atoms. The minimum absolute atomic E-state index is 0.0730. The van der Waals surface area contributed by atoms with Crippen LogP contribution in [0.5, 0.6) is 0 Å². The maximum atomic E-state index is 11.3. The summed E-state index contributed by atoms with van der Waals surface area (Å²) in [6.07, 6.45) is 7.06. The summed E-state index contributed by atoms with van der Waals surface area (Å²) in [5.41, 5.74) is -2.23. The van der Waals surface area contributed by atoms with Gasteiger partial charge in [0.1, 0.15) is 0 Å². The van der Waals surface area contributed by atoms with E-state index in [0.29, 0.717) is 0 Å². The van der Waals surface area contributed by atoms with Crippen molar-refractivity contribution in [2.45, 2.75) is 131 Å². The zero-order chi connectivity index (χ0) is 24.7. The van der Waals surface area contributed by atoms with Crippen LogP contribution in [0.25, 0.3) is 0 Å². The van der Waals surface area contributed by atoms with E-state index in [1.807, 2.05) is 0 Å². The normalized spacial score (nSPS) is 52.6. The lowest BCUT2D eigenvalue weighted by atomic mass is 9.56. The van der Waals surface area contributed by atoms with Crippen LogP contribution in [0.1, 0.15) is 95.9 Å². The number of hydrogen-bond donors (Lipinski definition) is 2. The summed E-state index contributed by atoms with van der Waals surface area (Å²) in [5, 5.41) is 22.4. The second kappa shape index (κ2) is 7.54. The summed E-state index contributed by atoms with van der Waals surface area (Å²) in [6, 6.07) is 0. The van der Waals surface area contributed by atoms with Crippen LogP contribution in [0.15, 0.2) is 12.2 Å². The molecule has 4 bridgehead atoms. The van der Waals surface area contributed by atoms with E-state index in [0.717, 1.165) is 12.8 Å². The van der Waals surface area contributed by atoms with Crippen LogP contribution < -0.4 is 0 Å². The van der Waals surface area contributed by atoms with Crippen molar-refractivity contribution in [3.05, 3.63) is 12.2 Å². The quantitative estimate of drug-likeness (QED) is 0.461. The van der Waals surface area contributed by atoms with Gasteiger partial charge in [0.05, 0.1) is 34.6 Å². The van der Waals surface area contributed by atoms with Gasteiger partial charge in [0, 0.05) is 23.7 Å². The largest absolute Gasteiger partial charge is 0.389 e. The van der Waals surface area contributed by atoms with Crippen LogP contribution in [0, 0.1) is 34.5 Å². The molecule has 4 aliphatic heterocycles. The Morgan fingerprint density at radius 3 is 1.34 bits per heavy atom. The van der Waals surface area contributed by atoms with E-state index in [1.165, 1.54) is 0 Å². The lowest BCUT2D eigenvalue weighted by Gasteiger charge is -2.60. The van der Waals surface area contributed by atoms with E-state index in [2.05, 4.69) is 95.2 Å². The van der Waals surface area contributed by atoms with E-state index in [1.54, 1.807) is 0 Å². The Morgan fingerprint density at radius 1 is 0.688 bits per heavy atom. The molecule has 0 aromatic rings. The fourth-order valence-electron chi connectivity index (χ4n) is 7.66. The molecule has 0 aromatic carbocycles. The maximum Gasteiger partial charge on any atom is 0.0900 e. The molecule has 0 aromatic heterocycles. The van der Waals surface area contributed by atoms with Crippen LogP contribution in [0.2, 0.25) is 0 Å². The molecule has 0 radical (unpaired) electrons. The molecule has 2 unspecified atom stereocenters. The van der Waals surface area contributed by atoms with Gasteiger partial charge < -0.3 is 19.7 Å². The lowest BCUT2D eigenvalue weighted by molar-refractivity contribution is -0.282. The second-order valence-electron chi connectivity index (χ2n) is 13.8. The molecule has 4 rings (SSSR count). The van der Waals surface area contributed by atoms with Gasteiger partial charge in [-0.15, -0.1) is 0 Å². The van der Waals surface area contributed by atoms with Crippen molar-refractivity contribution >= 4 is 0 Å². The van der Waals surface area contributed by atoms with Crippen molar-refractivity contribution in [3.8, 4) is 0 Å². The summed E-state index contributed by atoms with van der Waals surface area (Å²) in [7, 11) is 0. The molecule has 4 aliphatic rings. The molecule has 3 saturated heterocycles. The van der Waals surface area contributed by atoms with Crippen molar-refractivity contribution in [1.29, 1.82) is 0 Å². The molecule has 3 fully saturated rings. The van der Waals surface area contributed by atoms with Crippen LogP contribution >= 0.6 is 0 Å². The third-order valence-electron chi connectivity index (χ3n) is 10.2. The van der Waals surface area contributed by atoms with Crippen LogP contribution in [0.3, 0.4) is 0 Å². The summed E-state index contributed by atoms with van der Waals surface area (Å²) in [4.78, 5) is 0. The van der Waals surface area contributed by atoms with E-state index in [4.69, 9.17) is 9.47 Å². The standard InChI is InChI=1S/C15H26O2.C13H24O2/c1-10-13(6)8-9-14(7,17-13)11(2)15(10,16)12(3,4)5;1-8-10-6-7-11(15-10)9(2)13(8,14)12(3,4)5/h8-11,16H,1-7H3;8-11,14H,6-7H2,1-5H3/t10-,11+,13+,14-,15?;8-,9+,10+,11-,13?. The van der Waals surface area contributed by atoms with Gasteiger partial charge in [-0.3, -0.25) is 0 Å². The Morgan fingerprint density at radius 2 is 1.03 bits per heavy atom. The molecule has 4 nitrogen and oxygen atoms in total. The van der Waals surface area contributed by atoms with Gasteiger partial charge in [0.25, 0.3) is 0 Å². The van der Waals surface area contributed by atoms with Crippen molar-refractivity contribution in [1.82, 2.24) is 0 Å². The van der Waals surface area contributed by atoms with Gasteiger partial charge in [0.2, 0.25) is 0 Å². The van der Waals surface area contributed by atoms with Crippen molar-refractivity contribution in [2.24, 2.45) is 34.5 Å². The third-order valence-corrected chi connectivity index (χ3v) is 10.2. The first-order valence-corrected chi connectivity index (χ1v) is 12.8. The van der Waals surface area contributed by atoms with E-state index < -0.39 is 11.2 Å². The summed E-state index contributed by atoms with van der Waals surface area (Å²) in [5.74, 6) is 0.645. The molecule has 4 heteroatoms. The first-order valence-electron chi connectivity index (χ1n) is 12.8. The molecular formula is C28H50O4. The number of rotatable bonds is 0. The predicted octanol–water partition coefficient (Wildman–Crippen LogP) is 5.75. The Bertz CT molecular complexity index is 704. The first-order chi connectivity index (χ1) is 14.3. The first kappa shape index (κ1) is 26.2. The van der Waals surface area contributed by atoms with Gasteiger partial charge in [-0.1, -0.05) is 81.4 Å². The topological polar surface area (TPSA) is 58.9 Å². The van der Waals surface area contributed by atoms with Crippen molar-refractivity contribution in [3.63, 3.8) is 0 Å². The summed E-state index contributed by atoms with van der Waals surface area (Å²) < 4.78 is 12.2. The monoisotopic (exact) mass is 450 g/mol. The predicted molar refractivity (Wildman–Crippen MR) is 130 cm³/mol. The minimum atomic E-state index is -0.724. The van der Waals surface area contributed by atoms with Gasteiger partial charge in [-0.05, 0) is 37.5 Å². The van der Waals surface area contributed by atoms with Gasteiger partial charge in [-0.2, -0.15) is 0 Å². The number of fused-ring (bicyclic) bond motifs is 4. The number of hydrogen-bond acceptors (Lipinski definition) is 4. The summed E-state index contributed by atoms with van der Waals surface area (Å²) in [6.45, 7) is 25.5. The highest BCUT2D eigenvalue weighted by atomic mass is 16.5. The lowest BCUT2D eigenvalue weighted by Crippen LogP contribution is -2.68. The van der Waals surface area contributed by atoms with E-state index >= 15 is 0 Å². The number of ether oxygens (including phenoxy) is 2. The molecule has 0 amide bonds. The van der Waals surface area contributed by atoms with E-state index in [-0.39, 0.29) is 57.9 Å². The highest BCUT2D eigenvalue weighted by molar-refractivity contribution is 5.28. The molecular weight excluding hydrogens is 400 g/mol. The third kappa shape index (κ3) is 3.46. The van der Waals surface area contributed by atoms with Crippen LogP contribution in [-0.4, -0.2) is 44.8 Å². The van der Waals surface area contributed by atoms with Crippen molar-refractivity contribution < 1.29 is 19.7 Å². The Kier molecular flexibility index (Phi) is 6.17. The molecule has 0 saturated carbocycles. The molecule has 32 heavy (non-hydrogen) atoms. The van der Waals surface area contributed by atoms with E-state index in [9.17, 15) is 10.2 Å². The highest BCUT2D eigenvalue weighted by Crippen LogP contribution is 2.59. The fourth-order valence-corrected chi connectivity index (χ4v) is 7.66.